The minimum atomic E-state index is -4.79. The molecule has 1 aliphatic rings. The molecule has 0 saturated carbocycles. The van der Waals surface area contributed by atoms with Crippen molar-refractivity contribution < 1.29 is 27.5 Å². The fourth-order valence-corrected chi connectivity index (χ4v) is 3.55. The van der Waals surface area contributed by atoms with Crippen LogP contribution in [0.4, 0.5) is 5.69 Å². The fraction of sp³-hybridized carbons (Fsp3) is 0. The van der Waals surface area contributed by atoms with Gasteiger partial charge in [0, 0.05) is 11.6 Å². The van der Waals surface area contributed by atoms with Gasteiger partial charge in [0.15, 0.2) is 5.78 Å². The topological polar surface area (TPSA) is 132 Å². The summed E-state index contributed by atoms with van der Waals surface area (Å²) in [4.78, 5) is 34.8. The zero-order chi connectivity index (χ0) is 17.8. The molecule has 0 spiro atoms. The number of nitro benzene ring substituents is 1. The lowest BCUT2D eigenvalue weighted by Gasteiger charge is -2.19. The number of benzene rings is 2. The number of rotatable bonds is 2. The third kappa shape index (κ3) is 2.21. The number of carbonyl (C=O) groups excluding carboxylic acids is 2. The molecule has 0 fully saturated rings. The highest BCUT2D eigenvalue weighted by Gasteiger charge is 2.40. The molecule has 122 valence electrons. The first-order valence-electron chi connectivity index (χ1n) is 6.31. The number of nitro groups is 1. The van der Waals surface area contributed by atoms with E-state index in [-0.39, 0.29) is 10.6 Å². The zero-order valence-electron chi connectivity index (χ0n) is 11.5. The highest BCUT2D eigenvalue weighted by molar-refractivity contribution is 7.86. The van der Waals surface area contributed by atoms with Crippen molar-refractivity contribution >= 4 is 39.0 Å². The van der Waals surface area contributed by atoms with Crippen LogP contribution < -0.4 is 0 Å². The van der Waals surface area contributed by atoms with Crippen molar-refractivity contribution in [2.24, 2.45) is 0 Å². The van der Waals surface area contributed by atoms with Crippen molar-refractivity contribution in [2.45, 2.75) is 4.90 Å². The molecule has 0 aliphatic heterocycles. The van der Waals surface area contributed by atoms with Crippen LogP contribution in [0.25, 0.3) is 0 Å². The van der Waals surface area contributed by atoms with Gasteiger partial charge in [0.1, 0.15) is 10.5 Å². The van der Waals surface area contributed by atoms with Gasteiger partial charge in [-0.3, -0.25) is 24.3 Å². The molecule has 2 aromatic carbocycles. The van der Waals surface area contributed by atoms with Crippen molar-refractivity contribution in [3.8, 4) is 0 Å². The molecule has 0 amide bonds. The first-order valence-corrected chi connectivity index (χ1v) is 8.13. The molecule has 8 nitrogen and oxygen atoms in total. The molecule has 1 N–H and O–H groups in total. The van der Waals surface area contributed by atoms with E-state index >= 15 is 0 Å². The largest absolute Gasteiger partial charge is 0.295 e. The maximum Gasteiger partial charge on any atom is 0.295 e. The highest BCUT2D eigenvalue weighted by Crippen LogP contribution is 2.38. The molecule has 2 aromatic rings. The first-order chi connectivity index (χ1) is 11.1. The van der Waals surface area contributed by atoms with Gasteiger partial charge in [0.05, 0.1) is 21.1 Å². The maximum absolute atomic E-state index is 12.7. The molecular formula is C14H6ClNO7S. The molecule has 0 atom stereocenters. The smallest absolute Gasteiger partial charge is 0.288 e. The molecule has 0 saturated heterocycles. The molecule has 0 heterocycles. The second kappa shape index (κ2) is 5.20. The quantitative estimate of drug-likeness (QED) is 0.417. The lowest BCUT2D eigenvalue weighted by atomic mass is 9.83. The van der Waals surface area contributed by atoms with Gasteiger partial charge < -0.3 is 0 Å². The summed E-state index contributed by atoms with van der Waals surface area (Å²) in [6.45, 7) is 0. The summed E-state index contributed by atoms with van der Waals surface area (Å²) in [6, 6.07) is 5.32. The van der Waals surface area contributed by atoms with Crippen LogP contribution in [0.1, 0.15) is 31.8 Å². The van der Waals surface area contributed by atoms with E-state index in [4.69, 9.17) is 11.6 Å². The molecule has 10 heteroatoms. The van der Waals surface area contributed by atoms with Crippen LogP contribution in [-0.2, 0) is 10.1 Å². The van der Waals surface area contributed by atoms with Crippen molar-refractivity contribution in [3.63, 3.8) is 0 Å². The summed E-state index contributed by atoms with van der Waals surface area (Å²) < 4.78 is 32.2. The van der Waals surface area contributed by atoms with E-state index in [1.165, 1.54) is 0 Å². The van der Waals surface area contributed by atoms with Crippen molar-refractivity contribution in [2.75, 3.05) is 0 Å². The van der Waals surface area contributed by atoms with Gasteiger partial charge in [-0.25, -0.2) is 0 Å². The van der Waals surface area contributed by atoms with Crippen LogP contribution in [0.2, 0.25) is 5.02 Å². The molecule has 0 bridgehead atoms. The predicted octanol–water partition coefficient (Wildman–Crippen LogP) is 2.27. The van der Waals surface area contributed by atoms with Gasteiger partial charge in [0.25, 0.3) is 15.8 Å². The van der Waals surface area contributed by atoms with E-state index in [0.717, 1.165) is 30.3 Å². The minimum Gasteiger partial charge on any atom is -0.288 e. The monoisotopic (exact) mass is 367 g/mol. The number of carbonyl (C=O) groups is 2. The Morgan fingerprint density at radius 2 is 1.67 bits per heavy atom. The fourth-order valence-electron chi connectivity index (χ4n) is 2.60. The van der Waals surface area contributed by atoms with Gasteiger partial charge >= 0.3 is 0 Å². The number of fused-ring (bicyclic) bond motifs is 2. The number of ketones is 2. The third-order valence-electron chi connectivity index (χ3n) is 3.56. The Balaban J connectivity index is 2.46. The summed E-state index contributed by atoms with van der Waals surface area (Å²) in [5, 5.41) is 10.9. The molecule has 3 rings (SSSR count). The summed E-state index contributed by atoms with van der Waals surface area (Å²) in [6.07, 6.45) is 0. The van der Waals surface area contributed by atoms with E-state index in [1.807, 2.05) is 0 Å². The normalized spacial score (nSPS) is 13.4. The zero-order valence-corrected chi connectivity index (χ0v) is 13.1. The number of hydrogen-bond donors (Lipinski definition) is 1. The van der Waals surface area contributed by atoms with Crippen molar-refractivity contribution in [3.05, 3.63) is 67.7 Å². The van der Waals surface area contributed by atoms with E-state index in [9.17, 15) is 32.7 Å². The van der Waals surface area contributed by atoms with Gasteiger partial charge in [-0.1, -0.05) is 23.7 Å². The lowest BCUT2D eigenvalue weighted by Crippen LogP contribution is -2.25. The Kier molecular flexibility index (Phi) is 3.52. The molecule has 24 heavy (non-hydrogen) atoms. The Hall–Kier alpha value is -2.62. The molecule has 0 unspecified atom stereocenters. The minimum absolute atomic E-state index is 0.232. The van der Waals surface area contributed by atoms with E-state index < -0.39 is 53.9 Å². The van der Waals surface area contributed by atoms with Gasteiger partial charge in [-0.15, -0.1) is 0 Å². The lowest BCUT2D eigenvalue weighted by molar-refractivity contribution is -0.385. The Bertz CT molecular complexity index is 1060. The van der Waals surface area contributed by atoms with Crippen LogP contribution in [0, 0.1) is 10.1 Å². The van der Waals surface area contributed by atoms with Crippen LogP contribution in [0.3, 0.4) is 0 Å². The first kappa shape index (κ1) is 16.2. The summed E-state index contributed by atoms with van der Waals surface area (Å²) in [5.74, 6) is -1.90. The van der Waals surface area contributed by atoms with Crippen LogP contribution in [-0.4, -0.2) is 29.5 Å². The van der Waals surface area contributed by atoms with Crippen LogP contribution >= 0.6 is 11.6 Å². The highest BCUT2D eigenvalue weighted by atomic mass is 35.5. The Morgan fingerprint density at radius 1 is 1.00 bits per heavy atom. The molecule has 0 radical (unpaired) electrons. The van der Waals surface area contributed by atoms with Crippen molar-refractivity contribution in [1.82, 2.24) is 0 Å². The van der Waals surface area contributed by atoms with Crippen LogP contribution in [0.5, 0.6) is 0 Å². The Labute approximate surface area is 139 Å². The summed E-state index contributed by atoms with van der Waals surface area (Å²) >= 11 is 5.90. The SMILES string of the molecule is O=C1c2c(cccc2S(=O)(=O)O)C(=O)c2c([N+](=O)[O-])ccc(Cl)c21. The average Bonchev–Trinajstić information content (AvgIpc) is 2.50. The molecular weight excluding hydrogens is 362 g/mol. The van der Waals surface area contributed by atoms with Gasteiger partial charge in [-0.2, -0.15) is 8.42 Å². The number of halogens is 1. The molecule has 1 aliphatic carbocycles. The Morgan fingerprint density at radius 3 is 2.25 bits per heavy atom. The third-order valence-corrected chi connectivity index (χ3v) is 4.77. The van der Waals surface area contributed by atoms with Gasteiger partial charge in [-0.05, 0) is 12.1 Å². The van der Waals surface area contributed by atoms with E-state index in [1.54, 1.807) is 0 Å². The number of hydrogen-bond acceptors (Lipinski definition) is 6. The number of nitrogens with zero attached hydrogens (tertiary/aromatic N) is 1. The average molecular weight is 368 g/mol. The van der Waals surface area contributed by atoms with Crippen LogP contribution in [0.15, 0.2) is 35.2 Å². The van der Waals surface area contributed by atoms with E-state index in [0.29, 0.717) is 0 Å². The summed E-state index contributed by atoms with van der Waals surface area (Å²) in [7, 11) is -4.79. The molecule has 0 aromatic heterocycles. The predicted molar refractivity (Wildman–Crippen MR) is 81.2 cm³/mol. The second-order valence-electron chi connectivity index (χ2n) is 4.89. The maximum atomic E-state index is 12.7. The second-order valence-corrected chi connectivity index (χ2v) is 6.68. The van der Waals surface area contributed by atoms with Gasteiger partial charge in [0.2, 0.25) is 5.78 Å². The van der Waals surface area contributed by atoms with Crippen molar-refractivity contribution in [1.29, 1.82) is 0 Å². The summed E-state index contributed by atoms with van der Waals surface area (Å²) in [5.41, 5.74) is -2.49. The standard InChI is InChI=1S/C14H6ClNO7S/c15-7-4-5-8(16(19)20)12-11(7)14(18)10-6(13(12)17)2-1-3-9(10)24(21,22)23/h1-5H,(H,21,22,23). The van der Waals surface area contributed by atoms with E-state index in [2.05, 4.69) is 0 Å².